The molecule has 2 aromatic carbocycles. The van der Waals surface area contributed by atoms with Crippen LogP contribution in [0.4, 0.5) is 5.69 Å². The molecule has 3 aromatic rings. The van der Waals surface area contributed by atoms with Gasteiger partial charge in [0.25, 0.3) is 0 Å². The quantitative estimate of drug-likeness (QED) is 0.447. The summed E-state index contributed by atoms with van der Waals surface area (Å²) < 4.78 is 5.76. The summed E-state index contributed by atoms with van der Waals surface area (Å²) in [6.07, 6.45) is 0. The number of carbonyl (C=O) groups excluding carboxylic acids is 2. The predicted octanol–water partition coefficient (Wildman–Crippen LogP) is 5.20. The summed E-state index contributed by atoms with van der Waals surface area (Å²) in [5, 5.41) is 11.1. The molecular formula is C24H27ClN4O3S. The van der Waals surface area contributed by atoms with Crippen molar-refractivity contribution in [2.24, 2.45) is 0 Å². The van der Waals surface area contributed by atoms with Gasteiger partial charge in [0.2, 0.25) is 23.6 Å². The van der Waals surface area contributed by atoms with E-state index in [2.05, 4.69) is 15.5 Å². The van der Waals surface area contributed by atoms with E-state index in [1.165, 1.54) is 11.8 Å². The van der Waals surface area contributed by atoms with E-state index >= 15 is 0 Å². The molecule has 0 saturated carbocycles. The molecule has 1 heterocycles. The first kappa shape index (κ1) is 24.8. The van der Waals surface area contributed by atoms with E-state index in [1.54, 1.807) is 24.0 Å². The normalized spacial score (nSPS) is 11.9. The third kappa shape index (κ3) is 6.82. The van der Waals surface area contributed by atoms with Crippen LogP contribution in [0.1, 0.15) is 32.2 Å². The van der Waals surface area contributed by atoms with Gasteiger partial charge in [-0.25, -0.2) is 0 Å². The standard InChI is InChI=1S/C24H27ClN4O3S/c1-15(2)29(13-22-27-28-23(32-22)19-7-5-6-8-20(19)25)24(31)17(4)33-14-21(30)26-18-11-9-16(3)10-12-18/h5-12,15,17H,13-14H2,1-4H3,(H,26,30). The minimum Gasteiger partial charge on any atom is -0.419 e. The number of anilines is 1. The lowest BCUT2D eigenvalue weighted by Gasteiger charge is -2.27. The number of hydrogen-bond donors (Lipinski definition) is 1. The van der Waals surface area contributed by atoms with E-state index in [9.17, 15) is 9.59 Å². The molecule has 0 aliphatic carbocycles. The van der Waals surface area contributed by atoms with Gasteiger partial charge in [-0.05, 0) is 52.0 Å². The van der Waals surface area contributed by atoms with E-state index < -0.39 is 5.25 Å². The zero-order valence-corrected chi connectivity index (χ0v) is 20.6. The highest BCUT2D eigenvalue weighted by Crippen LogP contribution is 2.27. The Bertz CT molecular complexity index is 1100. The maximum Gasteiger partial charge on any atom is 0.249 e. The van der Waals surface area contributed by atoms with Gasteiger partial charge in [-0.3, -0.25) is 9.59 Å². The Morgan fingerprint density at radius 1 is 1.09 bits per heavy atom. The molecule has 0 aliphatic rings. The largest absolute Gasteiger partial charge is 0.419 e. The Hall–Kier alpha value is -2.84. The van der Waals surface area contributed by atoms with Crippen LogP contribution < -0.4 is 5.32 Å². The summed E-state index contributed by atoms with van der Waals surface area (Å²) in [6, 6.07) is 14.7. The Kier molecular flexibility index (Phi) is 8.52. The maximum absolute atomic E-state index is 13.1. The van der Waals surface area contributed by atoms with E-state index in [0.717, 1.165) is 11.3 Å². The summed E-state index contributed by atoms with van der Waals surface area (Å²) >= 11 is 7.49. The number of thioether (sulfide) groups is 1. The van der Waals surface area contributed by atoms with Crippen LogP contribution in [-0.2, 0) is 16.1 Å². The van der Waals surface area contributed by atoms with Crippen molar-refractivity contribution >= 4 is 40.9 Å². The topological polar surface area (TPSA) is 88.3 Å². The zero-order chi connectivity index (χ0) is 24.0. The molecule has 0 bridgehead atoms. The second-order valence-corrected chi connectivity index (χ2v) is 9.64. The number of nitrogens with one attached hydrogen (secondary N) is 1. The SMILES string of the molecule is Cc1ccc(NC(=O)CSC(C)C(=O)N(Cc2nnc(-c3ccccc3Cl)o2)C(C)C)cc1. The molecule has 0 saturated heterocycles. The Balaban J connectivity index is 1.58. The fourth-order valence-electron chi connectivity index (χ4n) is 3.06. The lowest BCUT2D eigenvalue weighted by atomic mass is 10.2. The van der Waals surface area contributed by atoms with Crippen molar-refractivity contribution < 1.29 is 14.0 Å². The summed E-state index contributed by atoms with van der Waals surface area (Å²) in [7, 11) is 0. The number of hydrogen-bond acceptors (Lipinski definition) is 6. The van der Waals surface area contributed by atoms with Crippen LogP contribution in [0.2, 0.25) is 5.02 Å². The predicted molar refractivity (Wildman–Crippen MR) is 132 cm³/mol. The second kappa shape index (κ2) is 11.3. The number of amides is 2. The Labute approximate surface area is 202 Å². The molecule has 1 atom stereocenters. The van der Waals surface area contributed by atoms with Crippen LogP contribution in [0.15, 0.2) is 52.9 Å². The Morgan fingerprint density at radius 2 is 1.79 bits per heavy atom. The van der Waals surface area contributed by atoms with E-state index in [0.29, 0.717) is 22.4 Å². The molecule has 1 unspecified atom stereocenters. The number of rotatable bonds is 9. The van der Waals surface area contributed by atoms with Gasteiger partial charge in [-0.15, -0.1) is 22.0 Å². The monoisotopic (exact) mass is 486 g/mol. The van der Waals surface area contributed by atoms with E-state index in [4.69, 9.17) is 16.0 Å². The van der Waals surface area contributed by atoms with Crippen LogP contribution in [0, 0.1) is 6.92 Å². The first-order valence-electron chi connectivity index (χ1n) is 10.6. The highest BCUT2D eigenvalue weighted by Gasteiger charge is 2.26. The van der Waals surface area contributed by atoms with Crippen molar-refractivity contribution in [2.75, 3.05) is 11.1 Å². The van der Waals surface area contributed by atoms with Crippen molar-refractivity contribution in [3.8, 4) is 11.5 Å². The van der Waals surface area contributed by atoms with Crippen LogP contribution >= 0.6 is 23.4 Å². The number of halogens is 1. The van der Waals surface area contributed by atoms with Gasteiger partial charge in [0.05, 0.1) is 28.1 Å². The molecule has 174 valence electrons. The molecular weight excluding hydrogens is 460 g/mol. The van der Waals surface area contributed by atoms with Crippen LogP contribution in [0.5, 0.6) is 0 Å². The molecule has 0 fully saturated rings. The van der Waals surface area contributed by atoms with Gasteiger partial charge in [0.15, 0.2) is 0 Å². The lowest BCUT2D eigenvalue weighted by Crippen LogP contribution is -2.41. The van der Waals surface area contributed by atoms with Crippen molar-refractivity contribution in [3.05, 3.63) is 65.0 Å². The number of aromatic nitrogens is 2. The fraction of sp³-hybridized carbons (Fsp3) is 0.333. The van der Waals surface area contributed by atoms with Gasteiger partial charge in [0.1, 0.15) is 0 Å². The van der Waals surface area contributed by atoms with Crippen molar-refractivity contribution in [3.63, 3.8) is 0 Å². The minimum atomic E-state index is -0.415. The zero-order valence-electron chi connectivity index (χ0n) is 19.0. The molecule has 2 amide bonds. The molecule has 3 rings (SSSR count). The molecule has 7 nitrogen and oxygen atoms in total. The van der Waals surface area contributed by atoms with Gasteiger partial charge in [0, 0.05) is 11.7 Å². The molecule has 0 aliphatic heterocycles. The van der Waals surface area contributed by atoms with E-state index in [-0.39, 0.29) is 30.2 Å². The first-order chi connectivity index (χ1) is 15.7. The third-order valence-electron chi connectivity index (χ3n) is 4.93. The molecule has 1 N–H and O–H groups in total. The average Bonchev–Trinajstić information content (AvgIpc) is 3.25. The van der Waals surface area contributed by atoms with Crippen LogP contribution in [-0.4, -0.2) is 44.0 Å². The van der Waals surface area contributed by atoms with Gasteiger partial charge >= 0.3 is 0 Å². The molecule has 33 heavy (non-hydrogen) atoms. The number of nitrogens with zero attached hydrogens (tertiary/aromatic N) is 3. The molecule has 0 radical (unpaired) electrons. The third-order valence-corrected chi connectivity index (χ3v) is 6.39. The average molecular weight is 487 g/mol. The molecule has 9 heteroatoms. The molecule has 1 aromatic heterocycles. The summed E-state index contributed by atoms with van der Waals surface area (Å²) in [5.74, 6) is 0.545. The number of aryl methyl sites for hydroxylation is 1. The summed E-state index contributed by atoms with van der Waals surface area (Å²) in [5.41, 5.74) is 2.50. The van der Waals surface area contributed by atoms with Gasteiger partial charge in [-0.1, -0.05) is 41.4 Å². The van der Waals surface area contributed by atoms with E-state index in [1.807, 2.05) is 57.2 Å². The highest BCUT2D eigenvalue weighted by atomic mass is 35.5. The van der Waals surface area contributed by atoms with Gasteiger partial charge < -0.3 is 14.6 Å². The lowest BCUT2D eigenvalue weighted by molar-refractivity contribution is -0.133. The highest BCUT2D eigenvalue weighted by molar-refractivity contribution is 8.01. The fourth-order valence-corrected chi connectivity index (χ4v) is 4.03. The van der Waals surface area contributed by atoms with Crippen molar-refractivity contribution in [1.29, 1.82) is 0 Å². The number of carbonyl (C=O) groups is 2. The minimum absolute atomic E-state index is 0.0856. The van der Waals surface area contributed by atoms with Crippen molar-refractivity contribution in [1.82, 2.24) is 15.1 Å². The van der Waals surface area contributed by atoms with Crippen LogP contribution in [0.3, 0.4) is 0 Å². The van der Waals surface area contributed by atoms with Crippen molar-refractivity contribution in [2.45, 2.75) is 45.5 Å². The van der Waals surface area contributed by atoms with Gasteiger partial charge in [-0.2, -0.15) is 0 Å². The molecule has 0 spiro atoms. The summed E-state index contributed by atoms with van der Waals surface area (Å²) in [4.78, 5) is 27.0. The second-order valence-electron chi connectivity index (χ2n) is 7.91. The number of benzene rings is 2. The van der Waals surface area contributed by atoms with Crippen LogP contribution in [0.25, 0.3) is 11.5 Å². The first-order valence-corrected chi connectivity index (χ1v) is 12.0. The Morgan fingerprint density at radius 3 is 2.45 bits per heavy atom. The summed E-state index contributed by atoms with van der Waals surface area (Å²) in [6.45, 7) is 7.80. The smallest absolute Gasteiger partial charge is 0.249 e. The maximum atomic E-state index is 13.1.